The first-order valence-corrected chi connectivity index (χ1v) is 3.34. The molecule has 0 radical (unpaired) electrons. The summed E-state index contributed by atoms with van der Waals surface area (Å²) in [5.74, 6) is 0.226. The van der Waals surface area contributed by atoms with Gasteiger partial charge >= 0.3 is 0 Å². The minimum Gasteiger partial charge on any atom is -0.309 e. The van der Waals surface area contributed by atoms with Crippen molar-refractivity contribution in [3.63, 3.8) is 0 Å². The van der Waals surface area contributed by atoms with Gasteiger partial charge in [0, 0.05) is 5.92 Å². The van der Waals surface area contributed by atoms with E-state index in [2.05, 4.69) is 0 Å². The fourth-order valence-electron chi connectivity index (χ4n) is 0.733. The van der Waals surface area contributed by atoms with Crippen molar-refractivity contribution in [2.75, 3.05) is 0 Å². The Balaban J connectivity index is 2.78. The number of hydrogen-bond donors (Lipinski definition) is 1. The van der Waals surface area contributed by atoms with E-state index in [1.54, 1.807) is 6.08 Å². The number of alkyl halides is 1. The fraction of sp³-hybridized carbons (Fsp3) is 0.429. The van der Waals surface area contributed by atoms with Crippen molar-refractivity contribution in [1.82, 2.24) is 0 Å². The maximum atomic E-state index is 5.86. The third-order valence-corrected chi connectivity index (χ3v) is 2.03. The van der Waals surface area contributed by atoms with Gasteiger partial charge in [-0.1, -0.05) is 36.8 Å². The van der Waals surface area contributed by atoms with E-state index in [-0.39, 0.29) is 5.92 Å². The average Bonchev–Trinajstić information content (AvgIpc) is 1.77. The molecule has 9 heavy (non-hydrogen) atoms. The van der Waals surface area contributed by atoms with Gasteiger partial charge in [-0.05, 0) is 6.08 Å². The van der Waals surface area contributed by atoms with Gasteiger partial charge in [-0.25, -0.2) is 0 Å². The Morgan fingerprint density at radius 2 is 2.22 bits per heavy atom. The highest BCUT2D eigenvalue weighted by Gasteiger charge is 2.24. The third-order valence-electron chi connectivity index (χ3n) is 1.56. The topological polar surface area (TPSA) is 26.0 Å². The lowest BCUT2D eigenvalue weighted by molar-refractivity contribution is 0.565. The first-order valence-electron chi connectivity index (χ1n) is 2.97. The largest absolute Gasteiger partial charge is 0.309 e. The Hall–Kier alpha value is -0.270. The van der Waals surface area contributed by atoms with Crippen LogP contribution in [0.2, 0.25) is 0 Å². The summed E-state index contributed by atoms with van der Waals surface area (Å²) in [7, 11) is 0. The van der Waals surface area contributed by atoms with Crippen LogP contribution >= 0.6 is 11.6 Å². The quantitative estimate of drug-likeness (QED) is 0.405. The number of halogens is 1. The van der Waals surface area contributed by atoms with E-state index < -0.39 is 5.00 Å². The Bertz CT molecular complexity index is 158. The molecule has 1 aliphatic rings. The van der Waals surface area contributed by atoms with Crippen LogP contribution in [-0.4, -0.2) is 5.00 Å². The van der Waals surface area contributed by atoms with Gasteiger partial charge in [0.15, 0.2) is 0 Å². The summed E-state index contributed by atoms with van der Waals surface area (Å²) in [6.07, 6.45) is 7.62. The molecule has 0 heterocycles. The van der Waals surface area contributed by atoms with Crippen LogP contribution in [0, 0.1) is 5.92 Å². The van der Waals surface area contributed by atoms with Gasteiger partial charge < -0.3 is 5.73 Å². The zero-order valence-electron chi connectivity index (χ0n) is 5.34. The van der Waals surface area contributed by atoms with Crippen molar-refractivity contribution in [1.29, 1.82) is 0 Å². The molecule has 2 atom stereocenters. The number of allylic oxidation sites excluding steroid dienone is 2. The SMILES string of the molecule is CC1C=CC=CC1(N)Cl. The minimum atomic E-state index is -0.658. The van der Waals surface area contributed by atoms with Crippen molar-refractivity contribution in [3.8, 4) is 0 Å². The second kappa shape index (κ2) is 2.16. The molecule has 2 unspecified atom stereocenters. The molecule has 0 aromatic rings. The summed E-state index contributed by atoms with van der Waals surface area (Å²) < 4.78 is 0. The summed E-state index contributed by atoms with van der Waals surface area (Å²) >= 11 is 5.86. The van der Waals surface area contributed by atoms with Crippen LogP contribution in [0.5, 0.6) is 0 Å². The van der Waals surface area contributed by atoms with E-state index in [1.807, 2.05) is 25.2 Å². The molecule has 0 aliphatic heterocycles. The highest BCUT2D eigenvalue weighted by atomic mass is 35.5. The normalized spacial score (nSPS) is 41.4. The Morgan fingerprint density at radius 3 is 2.56 bits per heavy atom. The van der Waals surface area contributed by atoms with E-state index >= 15 is 0 Å². The Labute approximate surface area is 60.2 Å². The third kappa shape index (κ3) is 1.35. The fourth-order valence-corrected chi connectivity index (χ4v) is 0.879. The van der Waals surface area contributed by atoms with Crippen LogP contribution in [0.4, 0.5) is 0 Å². The van der Waals surface area contributed by atoms with Gasteiger partial charge in [-0.3, -0.25) is 0 Å². The minimum absolute atomic E-state index is 0.226. The molecule has 50 valence electrons. The van der Waals surface area contributed by atoms with Crippen molar-refractivity contribution in [3.05, 3.63) is 24.3 Å². The molecule has 0 fully saturated rings. The van der Waals surface area contributed by atoms with Crippen molar-refractivity contribution in [2.24, 2.45) is 11.7 Å². The van der Waals surface area contributed by atoms with E-state index in [4.69, 9.17) is 17.3 Å². The van der Waals surface area contributed by atoms with Crippen LogP contribution in [0.1, 0.15) is 6.92 Å². The molecule has 0 saturated carbocycles. The molecule has 0 aromatic carbocycles. The lowest BCUT2D eigenvalue weighted by atomic mass is 9.98. The smallest absolute Gasteiger partial charge is 0.116 e. The molecule has 1 aliphatic carbocycles. The van der Waals surface area contributed by atoms with Gasteiger partial charge in [-0.15, -0.1) is 0 Å². The number of nitrogens with two attached hydrogens (primary N) is 1. The predicted molar refractivity (Wildman–Crippen MR) is 40.2 cm³/mol. The summed E-state index contributed by atoms with van der Waals surface area (Å²) in [5.41, 5.74) is 5.65. The summed E-state index contributed by atoms with van der Waals surface area (Å²) in [4.78, 5) is -0.658. The molecule has 0 bridgehead atoms. The first kappa shape index (κ1) is 6.84. The Morgan fingerprint density at radius 1 is 1.56 bits per heavy atom. The molecule has 0 aromatic heterocycles. The monoisotopic (exact) mass is 143 g/mol. The zero-order valence-corrected chi connectivity index (χ0v) is 6.10. The molecule has 2 heteroatoms. The van der Waals surface area contributed by atoms with E-state index in [9.17, 15) is 0 Å². The molecule has 1 rings (SSSR count). The van der Waals surface area contributed by atoms with Gasteiger partial charge in [0.1, 0.15) is 5.00 Å². The first-order chi connectivity index (χ1) is 4.13. The van der Waals surface area contributed by atoms with E-state index in [1.165, 1.54) is 0 Å². The zero-order chi connectivity index (χ0) is 6.91. The highest BCUT2D eigenvalue weighted by molar-refractivity contribution is 6.25. The standard InChI is InChI=1S/C7H10ClN/c1-6-4-2-3-5-7(6,8)9/h2-6H,9H2,1H3. The van der Waals surface area contributed by atoms with Crippen molar-refractivity contribution >= 4 is 11.6 Å². The van der Waals surface area contributed by atoms with Gasteiger partial charge in [0.2, 0.25) is 0 Å². The highest BCUT2D eigenvalue weighted by Crippen LogP contribution is 2.24. The lowest BCUT2D eigenvalue weighted by Gasteiger charge is -2.24. The molecule has 0 saturated heterocycles. The molecular formula is C7H10ClN. The predicted octanol–water partition coefficient (Wildman–Crippen LogP) is 1.64. The van der Waals surface area contributed by atoms with Crippen LogP contribution in [0.3, 0.4) is 0 Å². The van der Waals surface area contributed by atoms with Crippen LogP contribution in [0.15, 0.2) is 24.3 Å². The van der Waals surface area contributed by atoms with Crippen LogP contribution < -0.4 is 5.73 Å². The lowest BCUT2D eigenvalue weighted by Crippen LogP contribution is -2.37. The summed E-state index contributed by atoms with van der Waals surface area (Å²) in [6, 6.07) is 0. The van der Waals surface area contributed by atoms with Crippen LogP contribution in [0.25, 0.3) is 0 Å². The molecule has 0 spiro atoms. The molecular weight excluding hydrogens is 134 g/mol. The second-order valence-electron chi connectivity index (χ2n) is 2.36. The maximum Gasteiger partial charge on any atom is 0.116 e. The molecule has 0 amide bonds. The maximum absolute atomic E-state index is 5.86. The van der Waals surface area contributed by atoms with E-state index in [0.29, 0.717) is 0 Å². The second-order valence-corrected chi connectivity index (χ2v) is 3.01. The van der Waals surface area contributed by atoms with Gasteiger partial charge in [0.05, 0.1) is 0 Å². The van der Waals surface area contributed by atoms with Crippen molar-refractivity contribution in [2.45, 2.75) is 11.9 Å². The van der Waals surface area contributed by atoms with E-state index in [0.717, 1.165) is 0 Å². The van der Waals surface area contributed by atoms with Gasteiger partial charge in [0.25, 0.3) is 0 Å². The molecule has 2 N–H and O–H groups in total. The summed E-state index contributed by atoms with van der Waals surface area (Å²) in [5, 5.41) is 0. The van der Waals surface area contributed by atoms with Crippen LogP contribution in [-0.2, 0) is 0 Å². The average molecular weight is 144 g/mol. The van der Waals surface area contributed by atoms with Crippen molar-refractivity contribution < 1.29 is 0 Å². The number of rotatable bonds is 0. The number of hydrogen-bond acceptors (Lipinski definition) is 1. The van der Waals surface area contributed by atoms with Gasteiger partial charge in [-0.2, -0.15) is 0 Å². The summed E-state index contributed by atoms with van der Waals surface area (Å²) in [6.45, 7) is 1.99. The molecule has 1 nitrogen and oxygen atoms in total. The Kier molecular flexibility index (Phi) is 1.64.